The number of aromatic nitrogens is 2. The third-order valence-corrected chi connectivity index (χ3v) is 4.49. The van der Waals surface area contributed by atoms with Gasteiger partial charge in [0.15, 0.2) is 0 Å². The van der Waals surface area contributed by atoms with Gasteiger partial charge in [-0.3, -0.25) is 9.48 Å². The third-order valence-electron chi connectivity index (χ3n) is 4.24. The van der Waals surface area contributed by atoms with Crippen molar-refractivity contribution >= 4 is 17.5 Å². The lowest BCUT2D eigenvalue weighted by Gasteiger charge is -2.14. The molecule has 0 saturated heterocycles. The minimum absolute atomic E-state index is 0.150. The van der Waals surface area contributed by atoms with Crippen LogP contribution in [0.15, 0.2) is 30.5 Å². The quantitative estimate of drug-likeness (QED) is 0.841. The van der Waals surface area contributed by atoms with Gasteiger partial charge in [-0.05, 0) is 44.4 Å². The largest absolute Gasteiger partial charge is 0.387 e. The fraction of sp³-hybridized carbons (Fsp3) is 0.444. The normalized spacial score (nSPS) is 15.5. The molecular formula is C18H22ClN3O2. The van der Waals surface area contributed by atoms with E-state index in [1.807, 2.05) is 4.68 Å². The summed E-state index contributed by atoms with van der Waals surface area (Å²) in [5, 5.41) is 18.0. The van der Waals surface area contributed by atoms with Gasteiger partial charge in [0.1, 0.15) is 0 Å². The van der Waals surface area contributed by atoms with Crippen LogP contribution < -0.4 is 5.32 Å². The summed E-state index contributed by atoms with van der Waals surface area (Å²) < 4.78 is 1.93. The minimum Gasteiger partial charge on any atom is -0.387 e. The molecule has 6 heteroatoms. The lowest BCUT2D eigenvalue weighted by molar-refractivity contribution is 0.0915. The molecule has 128 valence electrons. The molecule has 0 bridgehead atoms. The van der Waals surface area contributed by atoms with E-state index in [0.717, 1.165) is 24.1 Å². The molecule has 0 aliphatic heterocycles. The summed E-state index contributed by atoms with van der Waals surface area (Å²) in [6.07, 6.45) is 3.08. The van der Waals surface area contributed by atoms with Gasteiger partial charge < -0.3 is 10.4 Å². The van der Waals surface area contributed by atoms with E-state index in [4.69, 9.17) is 11.6 Å². The average Bonchev–Trinajstić information content (AvgIpc) is 3.30. The van der Waals surface area contributed by atoms with Gasteiger partial charge in [0.05, 0.1) is 23.6 Å². The molecule has 1 aliphatic carbocycles. The van der Waals surface area contributed by atoms with Crippen molar-refractivity contribution in [1.82, 2.24) is 15.1 Å². The highest BCUT2D eigenvalue weighted by Crippen LogP contribution is 2.42. The number of carbonyl (C=O) groups is 1. The van der Waals surface area contributed by atoms with Crippen molar-refractivity contribution in [1.29, 1.82) is 0 Å². The Morgan fingerprint density at radius 2 is 2.04 bits per heavy atom. The summed E-state index contributed by atoms with van der Waals surface area (Å²) in [6.45, 7) is 4.27. The van der Waals surface area contributed by atoms with Crippen LogP contribution in [-0.4, -0.2) is 27.3 Å². The van der Waals surface area contributed by atoms with E-state index in [9.17, 15) is 9.90 Å². The van der Waals surface area contributed by atoms with Crippen molar-refractivity contribution in [3.8, 4) is 0 Å². The molecule has 1 aliphatic rings. The first-order chi connectivity index (χ1) is 11.5. The van der Waals surface area contributed by atoms with Crippen LogP contribution in [0.5, 0.6) is 0 Å². The first kappa shape index (κ1) is 17.0. The number of nitrogens with zero attached hydrogens (tertiary/aromatic N) is 2. The Kier molecular flexibility index (Phi) is 4.92. The summed E-state index contributed by atoms with van der Waals surface area (Å²) in [5.74, 6) is 0.244. The summed E-state index contributed by atoms with van der Waals surface area (Å²) >= 11 is 5.84. The van der Waals surface area contributed by atoms with Gasteiger partial charge in [0.25, 0.3) is 5.91 Å². The first-order valence-electron chi connectivity index (χ1n) is 8.26. The lowest BCUT2D eigenvalue weighted by atomic mass is 10.1. The summed E-state index contributed by atoms with van der Waals surface area (Å²) in [7, 11) is 0. The van der Waals surface area contributed by atoms with Gasteiger partial charge in [-0.25, -0.2) is 0 Å². The van der Waals surface area contributed by atoms with Gasteiger partial charge in [-0.2, -0.15) is 5.10 Å². The Morgan fingerprint density at radius 1 is 1.38 bits per heavy atom. The van der Waals surface area contributed by atoms with E-state index in [2.05, 4.69) is 24.3 Å². The van der Waals surface area contributed by atoms with Crippen LogP contribution in [0.4, 0.5) is 0 Å². The number of amides is 1. The fourth-order valence-corrected chi connectivity index (χ4v) is 2.94. The van der Waals surface area contributed by atoms with E-state index < -0.39 is 6.10 Å². The molecule has 0 radical (unpaired) electrons. The molecular weight excluding hydrogens is 326 g/mol. The van der Waals surface area contributed by atoms with Crippen molar-refractivity contribution in [2.75, 3.05) is 6.54 Å². The van der Waals surface area contributed by atoms with E-state index in [1.54, 1.807) is 30.5 Å². The van der Waals surface area contributed by atoms with Crippen molar-refractivity contribution in [3.05, 3.63) is 52.3 Å². The van der Waals surface area contributed by atoms with Crippen molar-refractivity contribution in [3.63, 3.8) is 0 Å². The van der Waals surface area contributed by atoms with Gasteiger partial charge in [0, 0.05) is 23.5 Å². The zero-order valence-corrected chi connectivity index (χ0v) is 14.6. The van der Waals surface area contributed by atoms with Crippen LogP contribution in [0.2, 0.25) is 5.02 Å². The van der Waals surface area contributed by atoms with Crippen LogP contribution in [0.1, 0.15) is 66.4 Å². The van der Waals surface area contributed by atoms with E-state index >= 15 is 0 Å². The van der Waals surface area contributed by atoms with Crippen molar-refractivity contribution in [2.45, 2.75) is 44.8 Å². The number of carbonyl (C=O) groups excluding carboxylic acids is 1. The van der Waals surface area contributed by atoms with Crippen LogP contribution in [0.25, 0.3) is 0 Å². The second-order valence-electron chi connectivity index (χ2n) is 6.53. The predicted molar refractivity (Wildman–Crippen MR) is 93.3 cm³/mol. The molecule has 1 aromatic heterocycles. The Hall–Kier alpha value is -1.85. The molecule has 1 heterocycles. The summed E-state index contributed by atoms with van der Waals surface area (Å²) in [5.41, 5.74) is 2.36. The molecule has 5 nitrogen and oxygen atoms in total. The third kappa shape index (κ3) is 3.62. The standard InChI is InChI=1S/C18H22ClN3O2/c1-11(2)22-17(13-3-4-13)15(9-21-22)18(24)20-10-16(23)12-5-7-14(19)8-6-12/h5-9,11,13,16,23H,3-4,10H2,1-2H3,(H,20,24). The number of aliphatic hydroxyl groups is 1. The van der Waals surface area contributed by atoms with Crippen LogP contribution >= 0.6 is 11.6 Å². The molecule has 1 unspecified atom stereocenters. The number of hydrogen-bond donors (Lipinski definition) is 2. The van der Waals surface area contributed by atoms with Gasteiger partial charge in [0.2, 0.25) is 0 Å². The average molecular weight is 348 g/mol. The van der Waals surface area contributed by atoms with Gasteiger partial charge in [-0.1, -0.05) is 23.7 Å². The molecule has 2 aromatic rings. The predicted octanol–water partition coefficient (Wildman–Crippen LogP) is 3.46. The molecule has 1 saturated carbocycles. The first-order valence-corrected chi connectivity index (χ1v) is 8.64. The Labute approximate surface area is 146 Å². The Morgan fingerprint density at radius 3 is 2.62 bits per heavy atom. The van der Waals surface area contributed by atoms with E-state index in [-0.39, 0.29) is 18.5 Å². The van der Waals surface area contributed by atoms with Crippen LogP contribution in [0.3, 0.4) is 0 Å². The number of nitrogens with one attached hydrogen (secondary N) is 1. The van der Waals surface area contributed by atoms with Crippen molar-refractivity contribution in [2.24, 2.45) is 0 Å². The highest BCUT2D eigenvalue weighted by atomic mass is 35.5. The molecule has 24 heavy (non-hydrogen) atoms. The van der Waals surface area contributed by atoms with Gasteiger partial charge in [-0.15, -0.1) is 0 Å². The molecule has 2 N–H and O–H groups in total. The molecule has 1 aromatic carbocycles. The number of aliphatic hydroxyl groups excluding tert-OH is 1. The zero-order valence-electron chi connectivity index (χ0n) is 13.9. The molecule has 1 atom stereocenters. The zero-order chi connectivity index (χ0) is 17.3. The molecule has 0 spiro atoms. The second-order valence-corrected chi connectivity index (χ2v) is 6.97. The number of halogens is 1. The second kappa shape index (κ2) is 6.95. The van der Waals surface area contributed by atoms with E-state index in [0.29, 0.717) is 16.5 Å². The lowest BCUT2D eigenvalue weighted by Crippen LogP contribution is -2.29. The molecule has 1 fully saturated rings. The van der Waals surface area contributed by atoms with E-state index in [1.165, 1.54) is 0 Å². The maximum atomic E-state index is 12.5. The highest BCUT2D eigenvalue weighted by molar-refractivity contribution is 6.30. The van der Waals surface area contributed by atoms with Crippen molar-refractivity contribution < 1.29 is 9.90 Å². The molecule has 3 rings (SSSR count). The van der Waals surface area contributed by atoms with Crippen LogP contribution in [0, 0.1) is 0 Å². The number of hydrogen-bond acceptors (Lipinski definition) is 3. The maximum absolute atomic E-state index is 12.5. The SMILES string of the molecule is CC(C)n1ncc(C(=O)NCC(O)c2ccc(Cl)cc2)c1C1CC1. The Bertz CT molecular complexity index is 720. The van der Waals surface area contributed by atoms with Gasteiger partial charge >= 0.3 is 0 Å². The Balaban J connectivity index is 1.68. The number of rotatable bonds is 6. The topological polar surface area (TPSA) is 67.2 Å². The summed E-state index contributed by atoms with van der Waals surface area (Å²) in [4.78, 5) is 12.5. The van der Waals surface area contributed by atoms with Crippen LogP contribution in [-0.2, 0) is 0 Å². The smallest absolute Gasteiger partial charge is 0.254 e. The monoisotopic (exact) mass is 347 g/mol. The highest BCUT2D eigenvalue weighted by Gasteiger charge is 2.33. The number of benzene rings is 1. The molecule has 1 amide bonds. The summed E-state index contributed by atoms with van der Waals surface area (Å²) in [6, 6.07) is 7.18. The fourth-order valence-electron chi connectivity index (χ4n) is 2.81. The minimum atomic E-state index is -0.768. The maximum Gasteiger partial charge on any atom is 0.254 e.